The average molecular weight is 238 g/mol. The van der Waals surface area contributed by atoms with Gasteiger partial charge in [0, 0.05) is 6.92 Å². The van der Waals surface area contributed by atoms with Gasteiger partial charge in [-0.05, 0) is 25.3 Å². The lowest BCUT2D eigenvalue weighted by Gasteiger charge is -1.99. The molecule has 1 heterocycles. The molecule has 2 unspecified atom stereocenters. The zero-order valence-electron chi connectivity index (χ0n) is 10.0. The van der Waals surface area contributed by atoms with E-state index in [0.29, 0.717) is 6.61 Å². The Morgan fingerprint density at radius 3 is 2.82 bits per heavy atom. The van der Waals surface area contributed by atoms with Gasteiger partial charge < -0.3 is 9.47 Å². The van der Waals surface area contributed by atoms with Crippen molar-refractivity contribution in [1.82, 2.24) is 0 Å². The number of esters is 1. The van der Waals surface area contributed by atoms with E-state index in [0.717, 1.165) is 25.5 Å². The van der Waals surface area contributed by atoms with Crippen LogP contribution in [0.15, 0.2) is 24.3 Å². The number of unbranched alkanes of at least 4 members (excludes halogenated alkanes) is 1. The highest BCUT2D eigenvalue weighted by Crippen LogP contribution is 2.28. The van der Waals surface area contributed by atoms with Crippen LogP contribution in [-0.2, 0) is 19.1 Å². The van der Waals surface area contributed by atoms with E-state index in [1.165, 1.54) is 13.0 Å². The van der Waals surface area contributed by atoms with Crippen molar-refractivity contribution in [1.29, 1.82) is 0 Å². The van der Waals surface area contributed by atoms with Crippen molar-refractivity contribution in [3.05, 3.63) is 24.3 Å². The minimum atomic E-state index is -0.226. The fourth-order valence-electron chi connectivity index (χ4n) is 1.50. The predicted molar refractivity (Wildman–Crippen MR) is 63.5 cm³/mol. The van der Waals surface area contributed by atoms with E-state index in [1.807, 2.05) is 12.2 Å². The van der Waals surface area contributed by atoms with Gasteiger partial charge in [-0.1, -0.05) is 18.2 Å². The Labute approximate surface area is 101 Å². The summed E-state index contributed by atoms with van der Waals surface area (Å²) in [5.41, 5.74) is 0. The van der Waals surface area contributed by atoms with Crippen LogP contribution in [0.4, 0.5) is 0 Å². The van der Waals surface area contributed by atoms with Crippen LogP contribution in [0.5, 0.6) is 0 Å². The van der Waals surface area contributed by atoms with Crippen molar-refractivity contribution in [2.24, 2.45) is 0 Å². The highest BCUT2D eigenvalue weighted by atomic mass is 16.6. The molecule has 0 N–H and O–H groups in total. The zero-order chi connectivity index (χ0) is 12.5. The smallest absolute Gasteiger partial charge is 0.302 e. The van der Waals surface area contributed by atoms with Crippen molar-refractivity contribution in [3.8, 4) is 0 Å². The van der Waals surface area contributed by atoms with Gasteiger partial charge in [-0.3, -0.25) is 9.59 Å². The van der Waals surface area contributed by atoms with Gasteiger partial charge in [-0.25, -0.2) is 0 Å². The topological polar surface area (TPSA) is 55.9 Å². The van der Waals surface area contributed by atoms with Gasteiger partial charge in [0.25, 0.3) is 0 Å². The second-order valence-electron chi connectivity index (χ2n) is 3.88. The summed E-state index contributed by atoms with van der Waals surface area (Å²) in [7, 11) is 0. The molecule has 1 aliphatic rings. The summed E-state index contributed by atoms with van der Waals surface area (Å²) in [5.74, 6) is -0.226. The first-order valence-corrected chi connectivity index (χ1v) is 5.81. The Morgan fingerprint density at radius 2 is 2.12 bits per heavy atom. The molecule has 0 saturated carbocycles. The molecule has 94 valence electrons. The lowest BCUT2D eigenvalue weighted by atomic mass is 10.1. The van der Waals surface area contributed by atoms with Crippen molar-refractivity contribution in [2.45, 2.75) is 38.4 Å². The summed E-state index contributed by atoms with van der Waals surface area (Å²) in [6.45, 7) is 1.91. The molecule has 1 saturated heterocycles. The highest BCUT2D eigenvalue weighted by molar-refractivity contribution is 5.65. The summed E-state index contributed by atoms with van der Waals surface area (Å²) >= 11 is 0. The van der Waals surface area contributed by atoms with Gasteiger partial charge in [-0.15, -0.1) is 0 Å². The first kappa shape index (κ1) is 13.6. The second kappa shape index (κ2) is 7.79. The van der Waals surface area contributed by atoms with Crippen molar-refractivity contribution in [2.75, 3.05) is 6.61 Å². The number of hydrogen-bond acceptors (Lipinski definition) is 4. The third kappa shape index (κ3) is 6.68. The van der Waals surface area contributed by atoms with Gasteiger partial charge in [0.05, 0.1) is 12.7 Å². The molecule has 0 radical (unpaired) electrons. The molecule has 0 amide bonds. The monoisotopic (exact) mass is 238 g/mol. The van der Waals surface area contributed by atoms with Crippen LogP contribution in [-0.4, -0.2) is 31.1 Å². The Kier molecular flexibility index (Phi) is 6.25. The fourth-order valence-corrected chi connectivity index (χ4v) is 1.50. The number of aldehydes is 1. The average Bonchev–Trinajstić information content (AvgIpc) is 3.02. The number of epoxide rings is 1. The molecule has 17 heavy (non-hydrogen) atoms. The van der Waals surface area contributed by atoms with E-state index in [4.69, 9.17) is 9.47 Å². The molecule has 0 aromatic rings. The minimum absolute atomic E-state index is 0.181. The summed E-state index contributed by atoms with van der Waals surface area (Å²) in [6, 6.07) is 0. The van der Waals surface area contributed by atoms with Crippen molar-refractivity contribution >= 4 is 12.3 Å². The maximum atomic E-state index is 10.5. The van der Waals surface area contributed by atoms with Gasteiger partial charge in [0.1, 0.15) is 12.4 Å². The maximum Gasteiger partial charge on any atom is 0.302 e. The van der Waals surface area contributed by atoms with Gasteiger partial charge in [-0.2, -0.15) is 0 Å². The third-order valence-corrected chi connectivity index (χ3v) is 2.41. The van der Waals surface area contributed by atoms with E-state index in [2.05, 4.69) is 0 Å². The van der Waals surface area contributed by atoms with E-state index in [9.17, 15) is 9.59 Å². The Balaban J connectivity index is 1.97. The van der Waals surface area contributed by atoms with E-state index in [-0.39, 0.29) is 18.2 Å². The highest BCUT2D eigenvalue weighted by Gasteiger charge is 2.35. The van der Waals surface area contributed by atoms with Crippen LogP contribution in [0.3, 0.4) is 0 Å². The molecule has 2 atom stereocenters. The molecule has 0 aliphatic carbocycles. The van der Waals surface area contributed by atoms with Gasteiger partial charge in [0.15, 0.2) is 0 Å². The molecular formula is C13H18O4. The number of hydrogen-bond donors (Lipinski definition) is 0. The minimum Gasteiger partial charge on any atom is -0.466 e. The Bertz CT molecular complexity index is 307. The number of allylic oxidation sites excluding steroid dienone is 3. The molecule has 4 nitrogen and oxygen atoms in total. The molecule has 4 heteroatoms. The molecule has 1 fully saturated rings. The first-order chi connectivity index (χ1) is 8.24. The maximum absolute atomic E-state index is 10.5. The summed E-state index contributed by atoms with van der Waals surface area (Å²) in [5, 5.41) is 0. The Hall–Kier alpha value is -1.42. The van der Waals surface area contributed by atoms with Crippen molar-refractivity contribution in [3.63, 3.8) is 0 Å². The van der Waals surface area contributed by atoms with Gasteiger partial charge >= 0.3 is 5.97 Å². The predicted octanol–water partition coefficient (Wildman–Crippen LogP) is 1.80. The number of carbonyl (C=O) groups is 2. The number of rotatable bonds is 8. The van der Waals surface area contributed by atoms with E-state index < -0.39 is 0 Å². The summed E-state index contributed by atoms with van der Waals surface area (Å²) in [4.78, 5) is 20.5. The lowest BCUT2D eigenvalue weighted by molar-refractivity contribution is -0.141. The van der Waals surface area contributed by atoms with Crippen molar-refractivity contribution < 1.29 is 19.1 Å². The molecule has 0 aromatic carbocycles. The molecule has 0 bridgehead atoms. The van der Waals surface area contributed by atoms with Crippen LogP contribution in [0.2, 0.25) is 0 Å². The lowest BCUT2D eigenvalue weighted by Crippen LogP contribution is -2.01. The summed E-state index contributed by atoms with van der Waals surface area (Å²) in [6.07, 6.45) is 10.9. The van der Waals surface area contributed by atoms with E-state index in [1.54, 1.807) is 6.08 Å². The van der Waals surface area contributed by atoms with E-state index >= 15 is 0 Å². The third-order valence-electron chi connectivity index (χ3n) is 2.41. The SMILES string of the molecule is CC(=O)OCCCCC1OC1/C=C\C=C\C=O. The normalized spacial score (nSPS) is 23.1. The van der Waals surface area contributed by atoms with Crippen LogP contribution in [0, 0.1) is 0 Å². The van der Waals surface area contributed by atoms with Gasteiger partial charge in [0.2, 0.25) is 0 Å². The van der Waals surface area contributed by atoms with Crippen LogP contribution >= 0.6 is 0 Å². The molecular weight excluding hydrogens is 220 g/mol. The van der Waals surface area contributed by atoms with Crippen LogP contribution in [0.25, 0.3) is 0 Å². The first-order valence-electron chi connectivity index (χ1n) is 5.81. The Morgan fingerprint density at radius 1 is 1.29 bits per heavy atom. The summed E-state index contributed by atoms with van der Waals surface area (Å²) < 4.78 is 10.2. The number of carbonyl (C=O) groups excluding carboxylic acids is 2. The molecule has 1 rings (SSSR count). The molecule has 1 aliphatic heterocycles. The largest absolute Gasteiger partial charge is 0.466 e. The standard InChI is InChI=1S/C13H18O4/c1-11(15)16-10-6-4-8-13-12(17-13)7-3-2-5-9-14/h2-3,5,7,9,12-13H,4,6,8,10H2,1H3/b5-2+,7-3-. The zero-order valence-corrected chi connectivity index (χ0v) is 10.0. The van der Waals surface area contributed by atoms with Crippen LogP contribution < -0.4 is 0 Å². The quantitative estimate of drug-likeness (QED) is 0.161. The van der Waals surface area contributed by atoms with Crippen LogP contribution in [0.1, 0.15) is 26.2 Å². The number of ether oxygens (including phenoxy) is 2. The second-order valence-corrected chi connectivity index (χ2v) is 3.88. The molecule has 0 aromatic heterocycles. The fraction of sp³-hybridized carbons (Fsp3) is 0.538. The molecule has 0 spiro atoms.